The van der Waals surface area contributed by atoms with Crippen LogP contribution in [-0.2, 0) is 4.57 Å². The molecule has 7 heavy (non-hydrogen) atoms. The van der Waals surface area contributed by atoms with Crippen LogP contribution in [0.2, 0.25) is 0 Å². The molecule has 3 nitrogen and oxygen atoms in total. The van der Waals surface area contributed by atoms with Crippen molar-refractivity contribution in [3.05, 3.63) is 0 Å². The predicted octanol–water partition coefficient (Wildman–Crippen LogP) is 0.425. The maximum absolute atomic E-state index is 10.5. The fraction of sp³-hybridized carbons (Fsp3) is 1.00. The van der Waals surface area contributed by atoms with Crippen LogP contribution in [0.5, 0.6) is 0 Å². The smallest absolute Gasteiger partial charge is 0.0943 e. The monoisotopic (exact) mass is 121 g/mol. The normalized spacial score (nSPS) is 12.3. The molecule has 0 radical (unpaired) electrons. The van der Waals surface area contributed by atoms with Crippen LogP contribution >= 0.6 is 8.10 Å². The van der Waals surface area contributed by atoms with Gasteiger partial charge in [0.05, 0.1) is 0 Å². The molecule has 0 rings (SSSR count). The zero-order chi connectivity index (χ0) is 5.86. The van der Waals surface area contributed by atoms with Crippen LogP contribution in [-0.4, -0.2) is 25.8 Å². The van der Waals surface area contributed by atoms with Gasteiger partial charge in [-0.25, -0.2) is 0 Å². The molecule has 0 amide bonds. The zero-order valence-electron chi connectivity index (χ0n) is 4.80. The van der Waals surface area contributed by atoms with Gasteiger partial charge in [-0.2, -0.15) is 0 Å². The molecule has 0 saturated carbocycles. The van der Waals surface area contributed by atoms with Crippen LogP contribution in [0, 0.1) is 0 Å². The van der Waals surface area contributed by atoms with Crippen molar-refractivity contribution < 1.29 is 4.57 Å². The van der Waals surface area contributed by atoms with Gasteiger partial charge < -0.3 is 0 Å². The van der Waals surface area contributed by atoms with Crippen LogP contribution in [0.1, 0.15) is 0 Å². The highest BCUT2D eigenvalue weighted by Gasteiger charge is 2.13. The number of nitrogens with zero attached hydrogens (tertiary/aromatic N) is 1. The van der Waals surface area contributed by atoms with E-state index in [4.69, 9.17) is 0 Å². The Hall–Kier alpha value is 0.0200. The van der Waals surface area contributed by atoms with Crippen molar-refractivity contribution >= 4 is 8.10 Å². The molecule has 0 aromatic heterocycles. The Balaban J connectivity index is 3.35. The fourth-order valence-corrected chi connectivity index (χ4v) is 0.600. The first-order chi connectivity index (χ1) is 3.18. The van der Waals surface area contributed by atoms with Gasteiger partial charge in [-0.1, -0.05) is 9.76 Å². The van der Waals surface area contributed by atoms with Crippen LogP contribution in [0.25, 0.3) is 0 Å². The number of rotatable bonds is 2. The number of hydrogen-bond donors (Lipinski definition) is 1. The Labute approximate surface area is 44.6 Å². The fourth-order valence-electron chi connectivity index (χ4n) is 0.200. The van der Waals surface area contributed by atoms with Gasteiger partial charge in [-0.3, -0.25) is 0 Å². The molecule has 0 aliphatic rings. The first kappa shape index (κ1) is 7.02. The van der Waals surface area contributed by atoms with Crippen molar-refractivity contribution in [3.8, 4) is 0 Å². The Bertz CT molecular complexity index is 73.3. The molecule has 42 valence electrons. The maximum Gasteiger partial charge on any atom is 0.534 e. The molecule has 0 aliphatic heterocycles. The summed E-state index contributed by atoms with van der Waals surface area (Å²) >= 11 is 0. The second-order valence-corrected chi connectivity index (χ2v) is 3.14. The summed E-state index contributed by atoms with van der Waals surface area (Å²) in [5, 5.41) is 2.60. The minimum atomic E-state index is -1.30. The van der Waals surface area contributed by atoms with Gasteiger partial charge in [0.15, 0.2) is 0 Å². The molecule has 4 heteroatoms. The van der Waals surface area contributed by atoms with E-state index in [9.17, 15) is 4.57 Å². The van der Waals surface area contributed by atoms with Gasteiger partial charge in [0.2, 0.25) is 0 Å². The average Bonchev–Trinajstić information content (AvgIpc) is 1.65. The summed E-state index contributed by atoms with van der Waals surface area (Å²) in [5.74, 6) is 0. The van der Waals surface area contributed by atoms with E-state index in [2.05, 4.69) is 5.09 Å². The third kappa shape index (κ3) is 2.68. The molecular formula is C3H10N2OP+. The van der Waals surface area contributed by atoms with Crippen molar-refractivity contribution in [3.63, 3.8) is 0 Å². The Morgan fingerprint density at radius 1 is 1.57 bits per heavy atom. The largest absolute Gasteiger partial charge is 0.534 e. The lowest BCUT2D eigenvalue weighted by Gasteiger charge is -1.88. The molecule has 0 aliphatic carbocycles. The average molecular weight is 121 g/mol. The molecule has 0 aromatic rings. The molecule has 0 heterocycles. The van der Waals surface area contributed by atoms with E-state index in [1.54, 1.807) is 25.8 Å². The summed E-state index contributed by atoms with van der Waals surface area (Å²) in [4.78, 5) is 0. The van der Waals surface area contributed by atoms with Crippen LogP contribution < -0.4 is 5.09 Å². The number of nitrogens with one attached hydrogen (secondary N) is 1. The summed E-state index contributed by atoms with van der Waals surface area (Å²) in [6.45, 7) is 0. The van der Waals surface area contributed by atoms with Gasteiger partial charge in [0.25, 0.3) is 0 Å². The topological polar surface area (TPSA) is 32.3 Å². The Kier molecular flexibility index (Phi) is 3.09. The predicted molar refractivity (Wildman–Crippen MR) is 30.4 cm³/mol. The quantitative estimate of drug-likeness (QED) is 0.537. The van der Waals surface area contributed by atoms with E-state index in [-0.39, 0.29) is 0 Å². The number of hydrogen-bond acceptors (Lipinski definition) is 1. The van der Waals surface area contributed by atoms with Crippen molar-refractivity contribution in [2.24, 2.45) is 0 Å². The van der Waals surface area contributed by atoms with Gasteiger partial charge >= 0.3 is 8.10 Å². The van der Waals surface area contributed by atoms with E-state index in [0.29, 0.717) is 0 Å². The van der Waals surface area contributed by atoms with Crippen LogP contribution in [0.15, 0.2) is 0 Å². The van der Waals surface area contributed by atoms with Crippen molar-refractivity contribution in [2.45, 2.75) is 0 Å². The molecule has 0 fully saturated rings. The lowest BCUT2D eigenvalue weighted by molar-refractivity contribution is 0.528. The second kappa shape index (κ2) is 3.08. The summed E-state index contributed by atoms with van der Waals surface area (Å²) in [5.41, 5.74) is 0. The van der Waals surface area contributed by atoms with E-state index in [1.807, 2.05) is 0 Å². The van der Waals surface area contributed by atoms with Gasteiger partial charge in [-0.05, 0) is 4.57 Å². The summed E-state index contributed by atoms with van der Waals surface area (Å²) in [6.07, 6.45) is 0. The van der Waals surface area contributed by atoms with Crippen molar-refractivity contribution in [2.75, 3.05) is 21.1 Å². The highest BCUT2D eigenvalue weighted by Crippen LogP contribution is 2.13. The molecular weight excluding hydrogens is 111 g/mol. The van der Waals surface area contributed by atoms with Gasteiger partial charge in [-0.15, -0.1) is 0 Å². The standard InChI is InChI=1S/C3H10N2OP/c1-4-7(6)5(2)3/h1-3H3,(H,4,6)/q+1. The first-order valence-corrected chi connectivity index (χ1v) is 3.21. The van der Waals surface area contributed by atoms with E-state index in [0.717, 1.165) is 0 Å². The zero-order valence-corrected chi connectivity index (χ0v) is 5.70. The SMILES string of the molecule is CN[P+](=O)N(C)C. The summed E-state index contributed by atoms with van der Waals surface area (Å²) < 4.78 is 12.1. The third-order valence-corrected chi connectivity index (χ3v) is 1.66. The molecule has 0 saturated heterocycles. The minimum absolute atomic E-state index is 1.30. The Morgan fingerprint density at radius 2 is 2.00 bits per heavy atom. The van der Waals surface area contributed by atoms with Crippen molar-refractivity contribution in [1.29, 1.82) is 0 Å². The lowest BCUT2D eigenvalue weighted by Crippen LogP contribution is -2.07. The van der Waals surface area contributed by atoms with E-state index in [1.165, 1.54) is 0 Å². The maximum atomic E-state index is 10.5. The third-order valence-electron chi connectivity index (χ3n) is 0.555. The highest BCUT2D eigenvalue weighted by atomic mass is 31.1. The first-order valence-electron chi connectivity index (χ1n) is 2.00. The van der Waals surface area contributed by atoms with Crippen LogP contribution in [0.4, 0.5) is 0 Å². The van der Waals surface area contributed by atoms with E-state index < -0.39 is 8.10 Å². The molecule has 0 spiro atoms. The van der Waals surface area contributed by atoms with Crippen molar-refractivity contribution in [1.82, 2.24) is 9.76 Å². The molecule has 1 N–H and O–H groups in total. The molecule has 1 atom stereocenters. The minimum Gasteiger partial charge on any atom is -0.0943 e. The second-order valence-electron chi connectivity index (χ2n) is 1.34. The lowest BCUT2D eigenvalue weighted by atomic mass is 11.3. The molecule has 0 bridgehead atoms. The highest BCUT2D eigenvalue weighted by molar-refractivity contribution is 7.39. The summed E-state index contributed by atoms with van der Waals surface area (Å²) in [6, 6.07) is 0. The molecule has 1 unspecified atom stereocenters. The van der Waals surface area contributed by atoms with Gasteiger partial charge in [0, 0.05) is 21.1 Å². The van der Waals surface area contributed by atoms with E-state index >= 15 is 0 Å². The van der Waals surface area contributed by atoms with Gasteiger partial charge in [0.1, 0.15) is 0 Å². The summed E-state index contributed by atoms with van der Waals surface area (Å²) in [7, 11) is 3.88. The van der Waals surface area contributed by atoms with Crippen LogP contribution in [0.3, 0.4) is 0 Å². The Morgan fingerprint density at radius 3 is 2.00 bits per heavy atom. The molecule has 0 aromatic carbocycles.